The maximum atomic E-state index is 14.1. The number of piperazine rings is 1. The maximum absolute atomic E-state index is 14.1. The third kappa shape index (κ3) is 4.75. The van der Waals surface area contributed by atoms with E-state index in [1.165, 1.54) is 11.7 Å². The Morgan fingerprint density at radius 2 is 1.68 bits per heavy atom. The summed E-state index contributed by atoms with van der Waals surface area (Å²) < 4.78 is 12.6. The molecule has 2 heterocycles. The molecule has 3 aromatic carbocycles. The monoisotopic (exact) mass is 498 g/mol. The number of aromatic amines is 1. The van der Waals surface area contributed by atoms with E-state index in [1.807, 2.05) is 53.4 Å². The minimum atomic E-state index is -0.427. The molecule has 1 unspecified atom stereocenters. The van der Waals surface area contributed by atoms with Gasteiger partial charge >= 0.3 is 5.69 Å². The Morgan fingerprint density at radius 1 is 0.946 bits per heavy atom. The van der Waals surface area contributed by atoms with E-state index in [1.54, 1.807) is 25.3 Å². The third-order valence-corrected chi connectivity index (χ3v) is 6.70. The fourth-order valence-electron chi connectivity index (χ4n) is 4.98. The van der Waals surface area contributed by atoms with Crippen LogP contribution in [0.25, 0.3) is 16.9 Å². The van der Waals surface area contributed by atoms with Crippen molar-refractivity contribution in [3.8, 4) is 28.4 Å². The number of carbonyl (C=O) groups excluding carboxylic acids is 1. The number of carbonyl (C=O) groups is 1. The number of imidazole rings is 1. The minimum Gasteiger partial charge on any atom is -0.493 e. The second-order valence-electron chi connectivity index (χ2n) is 8.91. The highest BCUT2D eigenvalue weighted by Gasteiger charge is 2.32. The SMILES string of the molecule is COc1cccc(-n2c(-c3ccccc3)c(C(=O)N3CCNCC3Cc3ccccc3)[nH]c2=O)c1OC. The standard InChI is InChI=1S/C29H30N4O4/c1-36-24-15-9-14-23(27(24)37-2)33-26(21-12-7-4-8-13-21)25(31-29(33)35)28(34)32-17-16-30-19-22(32)18-20-10-5-3-6-11-20/h3-15,22,30H,16-19H2,1-2H3,(H,31,35). The molecule has 1 aliphatic rings. The van der Waals surface area contributed by atoms with E-state index >= 15 is 0 Å². The average Bonchev–Trinajstić information content (AvgIpc) is 3.30. The second kappa shape index (κ2) is 10.8. The summed E-state index contributed by atoms with van der Waals surface area (Å²) in [5, 5.41) is 3.41. The lowest BCUT2D eigenvalue weighted by Gasteiger charge is -2.36. The number of ether oxygens (including phenoxy) is 2. The number of nitrogens with zero attached hydrogens (tertiary/aromatic N) is 2. The van der Waals surface area contributed by atoms with E-state index in [2.05, 4.69) is 22.4 Å². The van der Waals surface area contributed by atoms with Gasteiger partial charge in [0.15, 0.2) is 11.5 Å². The van der Waals surface area contributed by atoms with Gasteiger partial charge in [-0.25, -0.2) is 4.79 Å². The van der Waals surface area contributed by atoms with Gasteiger partial charge in [0, 0.05) is 31.2 Å². The van der Waals surface area contributed by atoms with Crippen LogP contribution in [0.15, 0.2) is 83.7 Å². The van der Waals surface area contributed by atoms with Gasteiger partial charge in [0.25, 0.3) is 5.91 Å². The van der Waals surface area contributed by atoms with Crippen LogP contribution in [0, 0.1) is 0 Å². The molecule has 1 amide bonds. The van der Waals surface area contributed by atoms with Crippen molar-refractivity contribution in [1.82, 2.24) is 19.8 Å². The fraction of sp³-hybridized carbons (Fsp3) is 0.241. The van der Waals surface area contributed by atoms with Gasteiger partial charge < -0.3 is 24.7 Å². The Hall–Kier alpha value is -4.30. The number of H-pyrrole nitrogens is 1. The van der Waals surface area contributed by atoms with Crippen molar-refractivity contribution >= 4 is 5.91 Å². The molecular formula is C29H30N4O4. The summed E-state index contributed by atoms with van der Waals surface area (Å²) in [6.45, 7) is 1.91. The van der Waals surface area contributed by atoms with Crippen molar-refractivity contribution in [2.45, 2.75) is 12.5 Å². The molecule has 4 aromatic rings. The van der Waals surface area contributed by atoms with Crippen LogP contribution in [0.5, 0.6) is 11.5 Å². The molecule has 0 spiro atoms. The molecule has 0 saturated carbocycles. The van der Waals surface area contributed by atoms with Crippen LogP contribution in [0.4, 0.5) is 0 Å². The topological polar surface area (TPSA) is 88.6 Å². The first-order chi connectivity index (χ1) is 18.1. The van der Waals surface area contributed by atoms with Crippen LogP contribution in [-0.2, 0) is 6.42 Å². The summed E-state index contributed by atoms with van der Waals surface area (Å²) in [4.78, 5) is 32.4. The minimum absolute atomic E-state index is 0.0505. The van der Waals surface area contributed by atoms with Gasteiger partial charge in [-0.05, 0) is 24.1 Å². The average molecular weight is 499 g/mol. The maximum Gasteiger partial charge on any atom is 0.331 e. The molecule has 1 aromatic heterocycles. The summed E-state index contributed by atoms with van der Waals surface area (Å²) in [5.41, 5.74) is 2.69. The van der Waals surface area contributed by atoms with Crippen molar-refractivity contribution in [3.63, 3.8) is 0 Å². The van der Waals surface area contributed by atoms with Gasteiger partial charge in [0.05, 0.1) is 25.6 Å². The molecule has 1 fully saturated rings. The predicted molar refractivity (Wildman–Crippen MR) is 143 cm³/mol. The molecule has 8 heteroatoms. The lowest BCUT2D eigenvalue weighted by Crippen LogP contribution is -2.54. The van der Waals surface area contributed by atoms with E-state index in [4.69, 9.17) is 9.47 Å². The van der Waals surface area contributed by atoms with E-state index in [0.717, 1.165) is 17.5 Å². The van der Waals surface area contributed by atoms with Crippen LogP contribution in [0.2, 0.25) is 0 Å². The number of aromatic nitrogens is 2. The van der Waals surface area contributed by atoms with Gasteiger partial charge in [-0.2, -0.15) is 0 Å². The molecule has 8 nitrogen and oxygen atoms in total. The summed E-state index contributed by atoms with van der Waals surface area (Å²) in [5.74, 6) is 0.690. The van der Waals surface area contributed by atoms with E-state index < -0.39 is 5.69 Å². The number of nitrogens with one attached hydrogen (secondary N) is 2. The van der Waals surface area contributed by atoms with Crippen molar-refractivity contribution in [2.24, 2.45) is 0 Å². The zero-order chi connectivity index (χ0) is 25.8. The molecule has 2 N–H and O–H groups in total. The molecule has 0 aliphatic carbocycles. The lowest BCUT2D eigenvalue weighted by atomic mass is 10.0. The first kappa shape index (κ1) is 24.4. The van der Waals surface area contributed by atoms with Gasteiger partial charge in [-0.15, -0.1) is 0 Å². The van der Waals surface area contributed by atoms with Gasteiger partial charge in [0.2, 0.25) is 0 Å². The van der Waals surface area contributed by atoms with Crippen LogP contribution < -0.4 is 20.5 Å². The lowest BCUT2D eigenvalue weighted by molar-refractivity contribution is 0.0631. The van der Waals surface area contributed by atoms with Gasteiger partial charge in [0.1, 0.15) is 5.69 Å². The molecule has 190 valence electrons. The molecule has 0 bridgehead atoms. The Bertz CT molecular complexity index is 1430. The predicted octanol–water partition coefficient (Wildman–Crippen LogP) is 3.51. The van der Waals surface area contributed by atoms with Crippen molar-refractivity contribution < 1.29 is 14.3 Å². The molecular weight excluding hydrogens is 468 g/mol. The zero-order valence-corrected chi connectivity index (χ0v) is 20.9. The molecule has 1 aliphatic heterocycles. The molecule has 0 radical (unpaired) electrons. The van der Waals surface area contributed by atoms with Gasteiger partial charge in [-0.3, -0.25) is 9.36 Å². The number of benzene rings is 3. The smallest absolute Gasteiger partial charge is 0.331 e. The normalized spacial score (nSPS) is 15.4. The van der Waals surface area contributed by atoms with Crippen molar-refractivity contribution in [1.29, 1.82) is 0 Å². The number of hydrogen-bond acceptors (Lipinski definition) is 5. The highest BCUT2D eigenvalue weighted by molar-refractivity contribution is 5.99. The first-order valence-corrected chi connectivity index (χ1v) is 12.3. The van der Waals surface area contributed by atoms with E-state index in [9.17, 15) is 9.59 Å². The first-order valence-electron chi connectivity index (χ1n) is 12.3. The Morgan fingerprint density at radius 3 is 2.38 bits per heavy atom. The summed E-state index contributed by atoms with van der Waals surface area (Å²) in [6.07, 6.45) is 0.717. The summed E-state index contributed by atoms with van der Waals surface area (Å²) in [7, 11) is 3.08. The highest BCUT2D eigenvalue weighted by atomic mass is 16.5. The van der Waals surface area contributed by atoms with E-state index in [0.29, 0.717) is 42.5 Å². The quantitative estimate of drug-likeness (QED) is 0.407. The zero-order valence-electron chi connectivity index (χ0n) is 20.9. The molecule has 1 saturated heterocycles. The number of methoxy groups -OCH3 is 2. The van der Waals surface area contributed by atoms with E-state index in [-0.39, 0.29) is 17.6 Å². The molecule has 37 heavy (non-hydrogen) atoms. The molecule has 1 atom stereocenters. The van der Waals surface area contributed by atoms with Crippen LogP contribution >= 0.6 is 0 Å². The van der Waals surface area contributed by atoms with Gasteiger partial charge in [-0.1, -0.05) is 66.7 Å². The number of amides is 1. The number of hydrogen-bond donors (Lipinski definition) is 2. The Labute approximate surface area is 215 Å². The fourth-order valence-corrected chi connectivity index (χ4v) is 4.98. The Kier molecular flexibility index (Phi) is 7.09. The Balaban J connectivity index is 1.64. The third-order valence-electron chi connectivity index (χ3n) is 6.70. The van der Waals surface area contributed by atoms with Crippen LogP contribution in [0.1, 0.15) is 16.1 Å². The van der Waals surface area contributed by atoms with Crippen molar-refractivity contribution in [2.75, 3.05) is 33.9 Å². The highest BCUT2D eigenvalue weighted by Crippen LogP contribution is 2.36. The summed E-state index contributed by atoms with van der Waals surface area (Å²) in [6, 6.07) is 24.9. The second-order valence-corrected chi connectivity index (χ2v) is 8.91. The largest absolute Gasteiger partial charge is 0.493 e. The number of rotatable bonds is 7. The molecule has 5 rings (SSSR count). The summed E-state index contributed by atoms with van der Waals surface area (Å²) >= 11 is 0. The van der Waals surface area contributed by atoms with Crippen molar-refractivity contribution in [3.05, 3.63) is 101 Å². The number of para-hydroxylation sites is 1. The van der Waals surface area contributed by atoms with Crippen LogP contribution in [0.3, 0.4) is 0 Å². The van der Waals surface area contributed by atoms with Crippen LogP contribution in [-0.4, -0.2) is 60.3 Å².